The topological polar surface area (TPSA) is 105 Å². The molecule has 2 heterocycles. The van der Waals surface area contributed by atoms with Crippen LogP contribution in [0.3, 0.4) is 0 Å². The fraction of sp³-hybridized carbons (Fsp3) is 0.355. The first kappa shape index (κ1) is 29.2. The van der Waals surface area contributed by atoms with Crippen LogP contribution in [0.15, 0.2) is 54.6 Å². The average Bonchev–Trinajstić information content (AvgIpc) is 3.34. The average molecular weight is 600 g/mol. The largest absolute Gasteiger partial charge is 0.494 e. The Hall–Kier alpha value is -3.33. The molecule has 1 spiro atoms. The molecule has 41 heavy (non-hydrogen) atoms. The lowest BCUT2D eigenvalue weighted by molar-refractivity contribution is -0.122. The Labute approximate surface area is 248 Å². The van der Waals surface area contributed by atoms with Crippen LogP contribution in [0.5, 0.6) is 5.75 Å². The van der Waals surface area contributed by atoms with Crippen LogP contribution in [0.25, 0.3) is 0 Å². The highest BCUT2D eigenvalue weighted by Crippen LogP contribution is 2.57. The van der Waals surface area contributed by atoms with Crippen LogP contribution in [0.1, 0.15) is 50.7 Å². The Morgan fingerprint density at radius 2 is 1.90 bits per heavy atom. The number of carbonyl (C=O) groups is 2. The van der Waals surface area contributed by atoms with Crippen molar-refractivity contribution in [3.63, 3.8) is 0 Å². The summed E-state index contributed by atoms with van der Waals surface area (Å²) in [5, 5.41) is 9.92. The van der Waals surface area contributed by atoms with Crippen molar-refractivity contribution in [2.45, 2.75) is 57.0 Å². The van der Waals surface area contributed by atoms with Crippen molar-refractivity contribution in [1.82, 2.24) is 5.32 Å². The standard InChI is InChI=1S/C31H33Cl2FN4O3/c1-30(2,3)15-25-31(19-10-8-16(32)12-22(19)38-29(31)40)27(18-6-5-7-20(33)28(18)34)23(36-25)14-26(39)37-21-11-9-17(35)13-24(21)41-4/h5-13,23,25,27,36H,14-15,35H2,1-4H3,(H,37,39)(H,38,40)/t23-,25?,27?,31+/m0/s1. The SMILES string of the molecule is COc1cc(N)ccc1NC(=O)C[C@@H]1NC(CC(C)(C)C)[C@@]2(C(=O)Nc3cc(Cl)ccc32)C1c1cccc(Cl)c1F. The molecule has 3 aromatic carbocycles. The van der Waals surface area contributed by atoms with Gasteiger partial charge in [-0.15, -0.1) is 0 Å². The number of amides is 2. The molecule has 0 bridgehead atoms. The summed E-state index contributed by atoms with van der Waals surface area (Å²) in [6.45, 7) is 6.25. The predicted molar refractivity (Wildman–Crippen MR) is 161 cm³/mol. The van der Waals surface area contributed by atoms with Crippen LogP contribution < -0.4 is 26.4 Å². The van der Waals surface area contributed by atoms with Crippen LogP contribution in [-0.4, -0.2) is 31.0 Å². The number of benzene rings is 3. The van der Waals surface area contributed by atoms with Gasteiger partial charge in [-0.1, -0.05) is 62.2 Å². The monoisotopic (exact) mass is 598 g/mol. The van der Waals surface area contributed by atoms with Gasteiger partial charge in [0.1, 0.15) is 17.0 Å². The molecule has 2 aliphatic rings. The highest BCUT2D eigenvalue weighted by Gasteiger charge is 2.65. The molecule has 0 radical (unpaired) electrons. The normalized spacial score (nSPS) is 23.4. The van der Waals surface area contributed by atoms with E-state index in [1.54, 1.807) is 42.5 Å². The molecule has 216 valence electrons. The van der Waals surface area contributed by atoms with Crippen molar-refractivity contribution in [2.24, 2.45) is 5.41 Å². The Kier molecular flexibility index (Phi) is 7.70. The van der Waals surface area contributed by atoms with E-state index >= 15 is 4.39 Å². The predicted octanol–water partition coefficient (Wildman–Crippen LogP) is 6.50. The molecule has 1 saturated heterocycles. The van der Waals surface area contributed by atoms with Gasteiger partial charge in [0.15, 0.2) is 0 Å². The molecule has 2 amide bonds. The fourth-order valence-corrected chi connectivity index (χ4v) is 6.80. The Morgan fingerprint density at radius 1 is 1.15 bits per heavy atom. The molecular weight excluding hydrogens is 566 g/mol. The van der Waals surface area contributed by atoms with Crippen LogP contribution >= 0.6 is 23.2 Å². The van der Waals surface area contributed by atoms with Crippen LogP contribution in [0, 0.1) is 11.2 Å². The summed E-state index contributed by atoms with van der Waals surface area (Å²) in [7, 11) is 1.49. The number of ether oxygens (including phenoxy) is 1. The number of hydrogen-bond donors (Lipinski definition) is 4. The van der Waals surface area contributed by atoms with Crippen LogP contribution in [-0.2, 0) is 15.0 Å². The van der Waals surface area contributed by atoms with Gasteiger partial charge in [0.25, 0.3) is 0 Å². The number of halogens is 3. The second kappa shape index (κ2) is 10.8. The van der Waals surface area contributed by atoms with Gasteiger partial charge in [-0.25, -0.2) is 4.39 Å². The van der Waals surface area contributed by atoms with Crippen molar-refractivity contribution in [2.75, 3.05) is 23.5 Å². The number of fused-ring (bicyclic) bond motifs is 2. The molecule has 3 aromatic rings. The van der Waals surface area contributed by atoms with Crippen LogP contribution in [0.4, 0.5) is 21.5 Å². The molecule has 0 aromatic heterocycles. The summed E-state index contributed by atoms with van der Waals surface area (Å²) in [6, 6.07) is 13.9. The van der Waals surface area contributed by atoms with Crippen molar-refractivity contribution >= 4 is 52.1 Å². The van der Waals surface area contributed by atoms with E-state index in [4.69, 9.17) is 33.7 Å². The lowest BCUT2D eigenvalue weighted by atomic mass is 9.62. The second-order valence-electron chi connectivity index (χ2n) is 11.9. The van der Waals surface area contributed by atoms with Gasteiger partial charge in [-0.05, 0) is 53.3 Å². The van der Waals surface area contributed by atoms with Gasteiger partial charge in [-0.2, -0.15) is 0 Å². The molecule has 10 heteroatoms. The zero-order valence-corrected chi connectivity index (χ0v) is 24.8. The Morgan fingerprint density at radius 3 is 2.61 bits per heavy atom. The minimum Gasteiger partial charge on any atom is -0.494 e. The Bertz CT molecular complexity index is 1530. The molecule has 7 nitrogen and oxygen atoms in total. The molecule has 4 atom stereocenters. The maximum absolute atomic E-state index is 15.9. The molecule has 0 saturated carbocycles. The molecule has 5 rings (SSSR count). The Balaban J connectivity index is 1.64. The second-order valence-corrected chi connectivity index (χ2v) is 12.8. The first-order chi connectivity index (χ1) is 19.3. The summed E-state index contributed by atoms with van der Waals surface area (Å²) in [5.74, 6) is -1.57. The van der Waals surface area contributed by atoms with E-state index < -0.39 is 29.2 Å². The summed E-state index contributed by atoms with van der Waals surface area (Å²) < 4.78 is 21.3. The quantitative estimate of drug-likeness (QED) is 0.242. The van der Waals surface area contributed by atoms with Gasteiger partial charge in [0.05, 0.1) is 17.8 Å². The van der Waals surface area contributed by atoms with Crippen molar-refractivity contribution in [3.8, 4) is 5.75 Å². The fourth-order valence-electron chi connectivity index (χ4n) is 6.45. The van der Waals surface area contributed by atoms with Crippen molar-refractivity contribution in [3.05, 3.63) is 81.6 Å². The smallest absolute Gasteiger partial charge is 0.237 e. The van der Waals surface area contributed by atoms with Crippen molar-refractivity contribution in [1.29, 1.82) is 0 Å². The van der Waals surface area contributed by atoms with E-state index in [-0.39, 0.29) is 34.2 Å². The number of methoxy groups -OCH3 is 1. The van der Waals surface area contributed by atoms with E-state index in [2.05, 4.69) is 36.7 Å². The van der Waals surface area contributed by atoms with E-state index in [1.165, 1.54) is 13.2 Å². The van der Waals surface area contributed by atoms with E-state index in [0.29, 0.717) is 39.8 Å². The lowest BCUT2D eigenvalue weighted by Crippen LogP contribution is -2.49. The van der Waals surface area contributed by atoms with E-state index in [0.717, 1.165) is 0 Å². The highest BCUT2D eigenvalue weighted by atomic mass is 35.5. The third-order valence-electron chi connectivity index (χ3n) is 7.95. The summed E-state index contributed by atoms with van der Waals surface area (Å²) in [4.78, 5) is 27.7. The zero-order valence-electron chi connectivity index (χ0n) is 23.3. The first-order valence-electron chi connectivity index (χ1n) is 13.4. The maximum Gasteiger partial charge on any atom is 0.237 e. The first-order valence-corrected chi connectivity index (χ1v) is 14.2. The molecule has 5 N–H and O–H groups in total. The van der Waals surface area contributed by atoms with Crippen molar-refractivity contribution < 1.29 is 18.7 Å². The molecular formula is C31H33Cl2FN4O3. The third kappa shape index (κ3) is 5.25. The number of anilines is 3. The maximum atomic E-state index is 15.9. The van der Waals surface area contributed by atoms with Crippen LogP contribution in [0.2, 0.25) is 10.0 Å². The van der Waals surface area contributed by atoms with Gasteiger partial charge >= 0.3 is 0 Å². The lowest BCUT2D eigenvalue weighted by Gasteiger charge is -2.38. The number of rotatable bonds is 6. The van der Waals surface area contributed by atoms with Gasteiger partial charge in [0, 0.05) is 46.9 Å². The summed E-state index contributed by atoms with van der Waals surface area (Å²) >= 11 is 12.6. The van der Waals surface area contributed by atoms with Gasteiger partial charge < -0.3 is 26.4 Å². The molecule has 0 aliphatic carbocycles. The number of nitrogens with one attached hydrogen (secondary N) is 3. The number of hydrogen-bond acceptors (Lipinski definition) is 5. The zero-order chi connectivity index (χ0) is 29.7. The van der Waals surface area contributed by atoms with Gasteiger partial charge in [0.2, 0.25) is 11.8 Å². The number of carbonyl (C=O) groups excluding carboxylic acids is 2. The number of nitrogens with two attached hydrogens (primary N) is 1. The summed E-state index contributed by atoms with van der Waals surface area (Å²) in [5.41, 5.74) is 6.93. The van der Waals surface area contributed by atoms with E-state index in [9.17, 15) is 9.59 Å². The highest BCUT2D eigenvalue weighted by molar-refractivity contribution is 6.31. The number of nitrogen functional groups attached to an aromatic ring is 1. The molecule has 2 aliphatic heterocycles. The molecule has 1 fully saturated rings. The van der Waals surface area contributed by atoms with E-state index in [1.807, 2.05) is 6.07 Å². The molecule has 2 unspecified atom stereocenters. The minimum atomic E-state index is -1.23. The third-order valence-corrected chi connectivity index (χ3v) is 8.47. The van der Waals surface area contributed by atoms with Gasteiger partial charge in [-0.3, -0.25) is 9.59 Å². The minimum absolute atomic E-state index is 0.0528. The summed E-state index contributed by atoms with van der Waals surface area (Å²) in [6.07, 6.45) is 0.522.